The Hall–Kier alpha value is -2.14. The maximum Gasteiger partial charge on any atom is 0.229 e. The van der Waals surface area contributed by atoms with Gasteiger partial charge in [-0.05, 0) is 54.8 Å². The van der Waals surface area contributed by atoms with Gasteiger partial charge in [0.15, 0.2) is 0 Å². The summed E-state index contributed by atoms with van der Waals surface area (Å²) in [6, 6.07) is 13.7. The molecule has 1 aliphatic rings. The molecule has 1 N–H and O–H groups in total. The van der Waals surface area contributed by atoms with E-state index in [1.807, 2.05) is 49.4 Å². The van der Waals surface area contributed by atoms with E-state index in [9.17, 15) is 9.59 Å². The number of rotatable bonds is 4. The second-order valence-electron chi connectivity index (χ2n) is 6.37. The smallest absolute Gasteiger partial charge is 0.229 e. The lowest BCUT2D eigenvalue weighted by Crippen LogP contribution is -2.28. The maximum absolute atomic E-state index is 12.6. The number of nitrogens with zero attached hydrogens (tertiary/aromatic N) is 1. The van der Waals surface area contributed by atoms with E-state index in [-0.39, 0.29) is 24.2 Å². The number of hydrogen-bond acceptors (Lipinski definition) is 2. The highest BCUT2D eigenvalue weighted by atomic mass is 79.9. The number of amides is 2. The van der Waals surface area contributed by atoms with Crippen LogP contribution in [-0.4, -0.2) is 18.4 Å². The lowest BCUT2D eigenvalue weighted by Gasteiger charge is -2.17. The lowest BCUT2D eigenvalue weighted by molar-refractivity contribution is -0.122. The Labute approximate surface area is 156 Å². The number of nitrogens with one attached hydrogen (secondary N) is 1. The maximum atomic E-state index is 12.6. The molecule has 0 aromatic heterocycles. The van der Waals surface area contributed by atoms with Crippen molar-refractivity contribution in [3.8, 4) is 0 Å². The fourth-order valence-corrected chi connectivity index (χ4v) is 3.52. The Bertz CT molecular complexity index is 802. The fraction of sp³-hybridized carbons (Fsp3) is 0.300. The molecule has 0 spiro atoms. The van der Waals surface area contributed by atoms with Gasteiger partial charge in [-0.1, -0.05) is 35.0 Å². The Kier molecular flexibility index (Phi) is 5.23. The lowest BCUT2D eigenvalue weighted by atomic mass is 10.1. The van der Waals surface area contributed by atoms with Crippen molar-refractivity contribution in [1.82, 2.24) is 0 Å². The van der Waals surface area contributed by atoms with E-state index in [0.717, 1.165) is 27.8 Å². The van der Waals surface area contributed by atoms with E-state index in [4.69, 9.17) is 0 Å². The van der Waals surface area contributed by atoms with Gasteiger partial charge in [0.05, 0.1) is 5.92 Å². The molecule has 1 saturated heterocycles. The van der Waals surface area contributed by atoms with Gasteiger partial charge in [0.2, 0.25) is 11.8 Å². The summed E-state index contributed by atoms with van der Waals surface area (Å²) in [5.41, 5.74) is 3.86. The summed E-state index contributed by atoms with van der Waals surface area (Å²) in [4.78, 5) is 26.6. The summed E-state index contributed by atoms with van der Waals surface area (Å²) in [6.07, 6.45) is 1.21. The van der Waals surface area contributed by atoms with Crippen molar-refractivity contribution >= 4 is 39.1 Å². The molecule has 2 aromatic carbocycles. The average molecular weight is 401 g/mol. The van der Waals surface area contributed by atoms with Crippen LogP contribution < -0.4 is 10.2 Å². The first-order valence-electron chi connectivity index (χ1n) is 8.44. The number of aryl methyl sites for hydroxylation is 2. The number of anilines is 2. The van der Waals surface area contributed by atoms with Crippen molar-refractivity contribution in [2.75, 3.05) is 16.8 Å². The third-order valence-corrected chi connectivity index (χ3v) is 5.09. The molecule has 0 saturated carbocycles. The van der Waals surface area contributed by atoms with Crippen LogP contribution >= 0.6 is 15.9 Å². The van der Waals surface area contributed by atoms with Gasteiger partial charge >= 0.3 is 0 Å². The molecule has 2 aromatic rings. The molecule has 5 heteroatoms. The van der Waals surface area contributed by atoms with Gasteiger partial charge in [0, 0.05) is 28.8 Å². The van der Waals surface area contributed by atoms with Crippen molar-refractivity contribution in [2.45, 2.75) is 26.7 Å². The van der Waals surface area contributed by atoms with E-state index in [2.05, 4.69) is 28.2 Å². The van der Waals surface area contributed by atoms with Crippen LogP contribution in [0.4, 0.5) is 11.4 Å². The molecule has 1 atom stereocenters. The molecule has 3 rings (SSSR count). The highest BCUT2D eigenvalue weighted by Gasteiger charge is 2.35. The van der Waals surface area contributed by atoms with Crippen molar-refractivity contribution in [3.63, 3.8) is 0 Å². The first kappa shape index (κ1) is 17.7. The normalized spacial score (nSPS) is 17.0. The standard InChI is InChI=1S/C20H21BrN2O2/c1-3-14-4-7-17(8-5-14)23-12-15(11-19(23)24)20(25)22-18-9-6-16(21)10-13(18)2/h4-10,15H,3,11-12H2,1-2H3,(H,22,25)/t15-/m0/s1. The second-order valence-corrected chi connectivity index (χ2v) is 7.29. The van der Waals surface area contributed by atoms with Crippen molar-refractivity contribution < 1.29 is 9.59 Å². The highest BCUT2D eigenvalue weighted by molar-refractivity contribution is 9.10. The van der Waals surface area contributed by atoms with Crippen LogP contribution in [-0.2, 0) is 16.0 Å². The van der Waals surface area contributed by atoms with Crippen LogP contribution in [0.15, 0.2) is 46.9 Å². The molecule has 1 heterocycles. The zero-order valence-electron chi connectivity index (χ0n) is 14.4. The number of benzene rings is 2. The van der Waals surface area contributed by atoms with Crippen LogP contribution in [0.3, 0.4) is 0 Å². The number of carbonyl (C=O) groups excluding carboxylic acids is 2. The van der Waals surface area contributed by atoms with E-state index in [1.165, 1.54) is 5.56 Å². The van der Waals surface area contributed by atoms with Gasteiger partial charge in [0.25, 0.3) is 0 Å². The Balaban J connectivity index is 1.69. The summed E-state index contributed by atoms with van der Waals surface area (Å²) in [7, 11) is 0. The summed E-state index contributed by atoms with van der Waals surface area (Å²) in [6.45, 7) is 4.47. The number of hydrogen-bond donors (Lipinski definition) is 1. The van der Waals surface area contributed by atoms with Gasteiger partial charge in [-0.3, -0.25) is 9.59 Å². The van der Waals surface area contributed by atoms with E-state index in [1.54, 1.807) is 4.90 Å². The SMILES string of the molecule is CCc1ccc(N2C[C@@H](C(=O)Nc3ccc(Br)cc3C)CC2=O)cc1. The summed E-state index contributed by atoms with van der Waals surface area (Å²) < 4.78 is 0.973. The molecule has 1 fully saturated rings. The molecule has 25 heavy (non-hydrogen) atoms. The molecule has 0 radical (unpaired) electrons. The average Bonchev–Trinajstić information content (AvgIpc) is 2.99. The Morgan fingerprint density at radius 2 is 1.96 bits per heavy atom. The van der Waals surface area contributed by atoms with Crippen LogP contribution in [0, 0.1) is 12.8 Å². The fourth-order valence-electron chi connectivity index (χ4n) is 3.05. The molecule has 2 amide bonds. The molecule has 0 bridgehead atoms. The Morgan fingerprint density at radius 1 is 1.24 bits per heavy atom. The van der Waals surface area contributed by atoms with Crippen LogP contribution in [0.5, 0.6) is 0 Å². The zero-order chi connectivity index (χ0) is 18.0. The molecule has 1 aliphatic heterocycles. The van der Waals surface area contributed by atoms with Gasteiger partial charge < -0.3 is 10.2 Å². The van der Waals surface area contributed by atoms with E-state index >= 15 is 0 Å². The minimum Gasteiger partial charge on any atom is -0.326 e. The monoisotopic (exact) mass is 400 g/mol. The Morgan fingerprint density at radius 3 is 2.60 bits per heavy atom. The summed E-state index contributed by atoms with van der Waals surface area (Å²) in [5, 5.41) is 2.95. The van der Waals surface area contributed by atoms with Gasteiger partial charge in [-0.25, -0.2) is 0 Å². The zero-order valence-corrected chi connectivity index (χ0v) is 16.0. The van der Waals surface area contributed by atoms with Crippen LogP contribution in [0.1, 0.15) is 24.5 Å². The van der Waals surface area contributed by atoms with Crippen LogP contribution in [0.2, 0.25) is 0 Å². The quantitative estimate of drug-likeness (QED) is 0.830. The molecular formula is C20H21BrN2O2. The highest BCUT2D eigenvalue weighted by Crippen LogP contribution is 2.27. The minimum absolute atomic E-state index is 0.00285. The minimum atomic E-state index is -0.332. The summed E-state index contributed by atoms with van der Waals surface area (Å²) >= 11 is 3.42. The van der Waals surface area contributed by atoms with Crippen molar-refractivity contribution in [2.24, 2.45) is 5.92 Å². The second kappa shape index (κ2) is 7.40. The number of halogens is 1. The number of carbonyl (C=O) groups is 2. The first-order chi connectivity index (χ1) is 12.0. The predicted octanol–water partition coefficient (Wildman–Crippen LogP) is 4.31. The largest absolute Gasteiger partial charge is 0.326 e. The predicted molar refractivity (Wildman–Crippen MR) is 104 cm³/mol. The van der Waals surface area contributed by atoms with Gasteiger partial charge in [-0.2, -0.15) is 0 Å². The van der Waals surface area contributed by atoms with Gasteiger partial charge in [-0.15, -0.1) is 0 Å². The molecule has 4 nitrogen and oxygen atoms in total. The topological polar surface area (TPSA) is 49.4 Å². The van der Waals surface area contributed by atoms with E-state index in [0.29, 0.717) is 6.54 Å². The molecule has 0 unspecified atom stereocenters. The van der Waals surface area contributed by atoms with E-state index < -0.39 is 0 Å². The first-order valence-corrected chi connectivity index (χ1v) is 9.23. The van der Waals surface area contributed by atoms with Crippen LogP contribution in [0.25, 0.3) is 0 Å². The molecule has 130 valence electrons. The van der Waals surface area contributed by atoms with Crippen molar-refractivity contribution in [3.05, 3.63) is 58.1 Å². The summed E-state index contributed by atoms with van der Waals surface area (Å²) in [5.74, 6) is -0.440. The third-order valence-electron chi connectivity index (χ3n) is 4.60. The third kappa shape index (κ3) is 3.93. The van der Waals surface area contributed by atoms with Gasteiger partial charge in [0.1, 0.15) is 0 Å². The van der Waals surface area contributed by atoms with Crippen molar-refractivity contribution in [1.29, 1.82) is 0 Å². The molecular weight excluding hydrogens is 380 g/mol. The molecule has 0 aliphatic carbocycles.